The zero-order chi connectivity index (χ0) is 10.6. The second kappa shape index (κ2) is 8.49. The quantitative estimate of drug-likeness (QED) is 0.256. The third-order valence-electron chi connectivity index (χ3n) is 1.13. The van der Waals surface area contributed by atoms with Crippen molar-refractivity contribution in [2.24, 2.45) is 0 Å². The van der Waals surface area contributed by atoms with Gasteiger partial charge in [-0.1, -0.05) is 18.2 Å². The van der Waals surface area contributed by atoms with Crippen LogP contribution in [0.5, 0.6) is 5.75 Å². The number of para-hydroxylation sites is 1. The van der Waals surface area contributed by atoms with Crippen molar-refractivity contribution in [1.29, 1.82) is 0 Å². The van der Waals surface area contributed by atoms with Gasteiger partial charge in [0.2, 0.25) is 0 Å². The number of benzene rings is 1. The second-order valence-electron chi connectivity index (χ2n) is 2.18. The Balaban J connectivity index is -0.000000245. The van der Waals surface area contributed by atoms with Gasteiger partial charge in [0.05, 0.1) is 0 Å². The molecule has 1 atom stereocenters. The number of hydrogen-bond acceptors (Lipinski definition) is 5. The van der Waals surface area contributed by atoms with E-state index in [0.717, 1.165) is 0 Å². The standard InChI is InChI=1S/C6H6NO6P.2Na.2H/c8-7(9)13-14(10,11)12-6-4-2-1-3-5-6;;;;/h1-5H,(H,10,11);;;;/q;2*+1;2*-1. The summed E-state index contributed by atoms with van der Waals surface area (Å²) in [5.41, 5.74) is 0. The smallest absolute Gasteiger partial charge is 1.00 e. The van der Waals surface area contributed by atoms with Crippen LogP contribution in [0, 0.1) is 10.1 Å². The van der Waals surface area contributed by atoms with E-state index in [1.54, 1.807) is 18.2 Å². The van der Waals surface area contributed by atoms with Gasteiger partial charge in [-0.15, -0.1) is 10.1 Å². The molecule has 1 aromatic carbocycles. The molecule has 16 heavy (non-hydrogen) atoms. The van der Waals surface area contributed by atoms with Gasteiger partial charge in [0.25, 0.3) is 0 Å². The predicted molar refractivity (Wildman–Crippen MR) is 47.2 cm³/mol. The molecule has 1 aromatic rings. The van der Waals surface area contributed by atoms with Crippen LogP contribution in [-0.2, 0) is 9.19 Å². The van der Waals surface area contributed by atoms with E-state index in [0.29, 0.717) is 0 Å². The average molecular weight is 267 g/mol. The van der Waals surface area contributed by atoms with Crippen molar-refractivity contribution in [3.63, 3.8) is 0 Å². The third kappa shape index (κ3) is 7.65. The Hall–Kier alpha value is 0.410. The minimum atomic E-state index is -4.67. The first-order valence-electron chi connectivity index (χ1n) is 3.41. The zero-order valence-electron chi connectivity index (χ0n) is 10.8. The van der Waals surface area contributed by atoms with Crippen molar-refractivity contribution in [3.8, 4) is 5.75 Å². The zero-order valence-corrected chi connectivity index (χ0v) is 13.7. The molecule has 10 heteroatoms. The van der Waals surface area contributed by atoms with Crippen LogP contribution >= 0.6 is 7.82 Å². The van der Waals surface area contributed by atoms with Crippen molar-refractivity contribution in [3.05, 3.63) is 40.4 Å². The van der Waals surface area contributed by atoms with E-state index >= 15 is 0 Å². The summed E-state index contributed by atoms with van der Waals surface area (Å²) < 4.78 is 18.7. The number of rotatable bonds is 4. The van der Waals surface area contributed by atoms with E-state index in [2.05, 4.69) is 9.15 Å². The first kappa shape index (κ1) is 18.8. The molecule has 0 radical (unpaired) electrons. The van der Waals surface area contributed by atoms with E-state index in [1.165, 1.54) is 12.1 Å². The van der Waals surface area contributed by atoms with Gasteiger partial charge in [-0.3, -0.25) is 4.89 Å². The summed E-state index contributed by atoms with van der Waals surface area (Å²) in [4.78, 5) is 18.6. The van der Waals surface area contributed by atoms with Crippen molar-refractivity contribution in [2.75, 3.05) is 0 Å². The summed E-state index contributed by atoms with van der Waals surface area (Å²) in [7, 11) is -4.67. The topological polar surface area (TPSA) is 98.9 Å². The monoisotopic (exact) mass is 267 g/mol. The Morgan fingerprint density at radius 3 is 2.25 bits per heavy atom. The average Bonchev–Trinajstić information content (AvgIpc) is 2.02. The molecular weight excluding hydrogens is 259 g/mol. The second-order valence-corrected chi connectivity index (χ2v) is 3.46. The van der Waals surface area contributed by atoms with Crippen LogP contribution in [0.15, 0.2) is 30.3 Å². The van der Waals surface area contributed by atoms with E-state index in [4.69, 9.17) is 4.89 Å². The number of hydrogen-bond donors (Lipinski definition) is 1. The maximum absolute atomic E-state index is 10.9. The molecule has 0 amide bonds. The van der Waals surface area contributed by atoms with Crippen LogP contribution < -0.4 is 63.6 Å². The van der Waals surface area contributed by atoms with E-state index in [-0.39, 0.29) is 67.7 Å². The van der Waals surface area contributed by atoms with E-state index < -0.39 is 12.9 Å². The molecule has 1 unspecified atom stereocenters. The first-order chi connectivity index (χ1) is 6.49. The van der Waals surface area contributed by atoms with Crippen LogP contribution in [0.25, 0.3) is 0 Å². The summed E-state index contributed by atoms with van der Waals surface area (Å²) in [6.45, 7) is 0. The molecule has 0 saturated carbocycles. The van der Waals surface area contributed by atoms with Crippen molar-refractivity contribution < 1.29 is 85.7 Å². The Kier molecular flexibility index (Phi) is 9.96. The molecule has 0 saturated heterocycles. The molecule has 80 valence electrons. The van der Waals surface area contributed by atoms with Crippen LogP contribution in [-0.4, -0.2) is 9.98 Å². The van der Waals surface area contributed by atoms with Crippen molar-refractivity contribution in [2.45, 2.75) is 0 Å². The largest absolute Gasteiger partial charge is 1.00 e. The van der Waals surface area contributed by atoms with Crippen molar-refractivity contribution >= 4 is 7.82 Å². The minimum absolute atomic E-state index is 0. The molecule has 0 heterocycles. The number of phosphoric ester groups is 1. The Morgan fingerprint density at radius 1 is 1.31 bits per heavy atom. The number of phosphoric acid groups is 1. The van der Waals surface area contributed by atoms with Gasteiger partial charge in [-0.25, -0.2) is 4.57 Å². The maximum atomic E-state index is 10.9. The molecule has 0 aliphatic heterocycles. The molecule has 0 spiro atoms. The van der Waals surface area contributed by atoms with Gasteiger partial charge in [-0.2, -0.15) is 4.62 Å². The SMILES string of the molecule is O=[N+]([O-])OP(=O)(O)Oc1ccccc1.[H-].[H-].[Na+].[Na+]. The van der Waals surface area contributed by atoms with Crippen LogP contribution in [0.4, 0.5) is 0 Å². The van der Waals surface area contributed by atoms with Gasteiger partial charge >= 0.3 is 72.0 Å². The van der Waals surface area contributed by atoms with Crippen molar-refractivity contribution in [1.82, 2.24) is 0 Å². The molecular formula is C6H8NNa2O6P. The Labute approximate surface area is 138 Å². The maximum Gasteiger partial charge on any atom is 1.00 e. The van der Waals surface area contributed by atoms with Crippen LogP contribution in [0.1, 0.15) is 2.85 Å². The van der Waals surface area contributed by atoms with Crippen LogP contribution in [0.3, 0.4) is 0 Å². The van der Waals surface area contributed by atoms with Gasteiger partial charge in [-0.05, 0) is 12.1 Å². The minimum Gasteiger partial charge on any atom is -1.00 e. The predicted octanol–water partition coefficient (Wildman–Crippen LogP) is -4.39. The molecule has 0 bridgehead atoms. The molecule has 1 N–H and O–H groups in total. The van der Waals surface area contributed by atoms with Gasteiger partial charge < -0.3 is 7.38 Å². The van der Waals surface area contributed by atoms with Crippen LogP contribution in [0.2, 0.25) is 0 Å². The van der Waals surface area contributed by atoms with Gasteiger partial charge in [0, 0.05) is 0 Å². The summed E-state index contributed by atoms with van der Waals surface area (Å²) in [6.07, 6.45) is 0. The number of nitrogens with zero attached hydrogens (tertiary/aromatic N) is 1. The fourth-order valence-corrected chi connectivity index (χ4v) is 1.31. The molecule has 0 aromatic heterocycles. The van der Waals surface area contributed by atoms with Gasteiger partial charge in [0.15, 0.2) is 0 Å². The molecule has 1 rings (SSSR count). The molecule has 0 aliphatic rings. The fraction of sp³-hybridized carbons (Fsp3) is 0. The Bertz CT molecular complexity index is 384. The molecule has 0 fully saturated rings. The summed E-state index contributed by atoms with van der Waals surface area (Å²) in [6, 6.07) is 7.48. The molecule has 7 nitrogen and oxygen atoms in total. The summed E-state index contributed by atoms with van der Waals surface area (Å²) in [5.74, 6) is 0.0141. The first-order valence-corrected chi connectivity index (χ1v) is 4.91. The third-order valence-corrected chi connectivity index (χ3v) is 1.92. The van der Waals surface area contributed by atoms with E-state index in [1.807, 2.05) is 0 Å². The summed E-state index contributed by atoms with van der Waals surface area (Å²) in [5, 5.41) is 8.39. The Morgan fingerprint density at radius 2 is 1.81 bits per heavy atom. The van der Waals surface area contributed by atoms with Gasteiger partial charge in [0.1, 0.15) is 5.75 Å². The van der Waals surface area contributed by atoms with E-state index in [9.17, 15) is 14.7 Å². The fourth-order valence-electron chi connectivity index (χ4n) is 0.715. The normalized spacial score (nSPS) is 12.3. The summed E-state index contributed by atoms with van der Waals surface area (Å²) >= 11 is 0. The molecule has 0 aliphatic carbocycles.